The van der Waals surface area contributed by atoms with Gasteiger partial charge in [0.25, 0.3) is 5.88 Å². The number of fused-ring (bicyclic) bond motifs is 1. The zero-order valence-electron chi connectivity index (χ0n) is 7.24. The highest BCUT2D eigenvalue weighted by Gasteiger charge is 2.26. The molecule has 2 heterocycles. The first-order valence-corrected chi connectivity index (χ1v) is 3.64. The van der Waals surface area contributed by atoms with Crippen LogP contribution in [0.15, 0.2) is 0 Å². The number of anilines is 1. The lowest BCUT2D eigenvalue weighted by Crippen LogP contribution is -1.99. The molecule has 1 N–H and O–H groups in total. The van der Waals surface area contributed by atoms with E-state index in [9.17, 15) is 0 Å². The Balaban J connectivity index is 2.53. The minimum Gasteiger partial charge on any atom is -0.478 e. The summed E-state index contributed by atoms with van der Waals surface area (Å²) < 4.78 is 9.90. The molecule has 0 amide bonds. The van der Waals surface area contributed by atoms with Crippen LogP contribution >= 0.6 is 0 Å². The zero-order chi connectivity index (χ0) is 9.26. The number of methoxy groups -OCH3 is 2. The number of aromatic nitrogens is 2. The maximum absolute atomic E-state index is 5.03. The molecule has 0 atom stereocenters. The standard InChI is InChI=1S/C7H8N4O2/c1-12-6-4-5(9-3-8-4)10-7(11-6)13-2/h3,8H,1-2H3/q+1. The Morgan fingerprint density at radius 1 is 1.31 bits per heavy atom. The van der Waals surface area contributed by atoms with E-state index in [0.29, 0.717) is 17.4 Å². The van der Waals surface area contributed by atoms with Gasteiger partial charge in [-0.2, -0.15) is 0 Å². The van der Waals surface area contributed by atoms with Gasteiger partial charge >= 0.3 is 11.8 Å². The van der Waals surface area contributed by atoms with Gasteiger partial charge in [-0.25, -0.2) is 0 Å². The van der Waals surface area contributed by atoms with E-state index < -0.39 is 0 Å². The van der Waals surface area contributed by atoms with Crippen molar-refractivity contribution in [3.8, 4) is 11.9 Å². The second kappa shape index (κ2) is 2.89. The topological polar surface area (TPSA) is 70.4 Å². The highest BCUT2D eigenvalue weighted by molar-refractivity contribution is 5.90. The molecule has 1 aromatic heterocycles. The van der Waals surface area contributed by atoms with Crippen molar-refractivity contribution in [1.29, 1.82) is 0 Å². The molecule has 13 heavy (non-hydrogen) atoms. The lowest BCUT2D eigenvalue weighted by Gasteiger charge is -2.00. The van der Waals surface area contributed by atoms with Crippen LogP contribution in [0.1, 0.15) is 0 Å². The Bertz CT molecular complexity index is 364. The van der Waals surface area contributed by atoms with Crippen LogP contribution in [-0.4, -0.2) is 30.5 Å². The first-order chi connectivity index (χ1) is 6.35. The first-order valence-electron chi connectivity index (χ1n) is 3.64. The molecule has 0 spiro atoms. The van der Waals surface area contributed by atoms with Crippen molar-refractivity contribution >= 4 is 17.8 Å². The molecule has 2 rings (SSSR count). The van der Waals surface area contributed by atoms with Crippen molar-refractivity contribution in [2.75, 3.05) is 19.5 Å². The van der Waals surface area contributed by atoms with E-state index in [1.54, 1.807) is 0 Å². The molecule has 0 saturated heterocycles. The lowest BCUT2D eigenvalue weighted by molar-refractivity contribution is 0.354. The number of nitrogens with one attached hydrogen (secondary N) is 1. The molecule has 1 aromatic rings. The molecule has 0 bridgehead atoms. The van der Waals surface area contributed by atoms with E-state index in [2.05, 4.69) is 20.3 Å². The quantitative estimate of drug-likeness (QED) is 0.689. The maximum atomic E-state index is 5.03. The number of ether oxygens (including phenoxy) is 2. The summed E-state index contributed by atoms with van der Waals surface area (Å²) in [6.07, 6.45) is 1.53. The third-order valence-corrected chi connectivity index (χ3v) is 1.61. The Kier molecular flexibility index (Phi) is 1.73. The van der Waals surface area contributed by atoms with E-state index in [1.165, 1.54) is 20.6 Å². The number of aliphatic imine (C=N–C) groups is 1. The Morgan fingerprint density at radius 2 is 2.15 bits per heavy atom. The van der Waals surface area contributed by atoms with Crippen LogP contribution < -0.4 is 19.8 Å². The van der Waals surface area contributed by atoms with Crippen LogP contribution in [0.4, 0.5) is 11.5 Å². The maximum Gasteiger partial charge on any atom is 0.398 e. The largest absolute Gasteiger partial charge is 0.478 e. The summed E-state index contributed by atoms with van der Waals surface area (Å²) in [5.41, 5.74) is 0.670. The van der Waals surface area contributed by atoms with Crippen LogP contribution in [0.2, 0.25) is 0 Å². The van der Waals surface area contributed by atoms with Crippen molar-refractivity contribution in [2.45, 2.75) is 0 Å². The van der Waals surface area contributed by atoms with Crippen LogP contribution in [0, 0.1) is 0 Å². The monoisotopic (exact) mass is 180 g/mol. The van der Waals surface area contributed by atoms with E-state index in [4.69, 9.17) is 9.47 Å². The van der Waals surface area contributed by atoms with Crippen molar-refractivity contribution in [3.63, 3.8) is 0 Å². The van der Waals surface area contributed by atoms with Gasteiger partial charge in [-0.3, -0.25) is 5.32 Å². The van der Waals surface area contributed by atoms with Gasteiger partial charge in [0, 0.05) is 0 Å². The lowest BCUT2D eigenvalue weighted by atomic mass is 10.5. The molecule has 1 aliphatic heterocycles. The smallest absolute Gasteiger partial charge is 0.398 e. The molecule has 0 fully saturated rings. The SMILES string of the molecule is COc1nc2c(c(OC)n1)NC=[N+]2. The van der Waals surface area contributed by atoms with Crippen LogP contribution in [0.3, 0.4) is 0 Å². The fourth-order valence-electron chi connectivity index (χ4n) is 1.03. The average Bonchev–Trinajstić information content (AvgIpc) is 2.63. The highest BCUT2D eigenvalue weighted by Crippen LogP contribution is 2.31. The number of rotatable bonds is 2. The molecule has 1 aliphatic rings. The van der Waals surface area contributed by atoms with Gasteiger partial charge in [0.1, 0.15) is 0 Å². The minimum absolute atomic E-state index is 0.247. The summed E-state index contributed by atoms with van der Waals surface area (Å²) in [7, 11) is 3.02. The van der Waals surface area contributed by atoms with Gasteiger partial charge in [-0.15, -0.1) is 4.98 Å². The van der Waals surface area contributed by atoms with Crippen LogP contribution in [0.5, 0.6) is 11.9 Å². The summed E-state index contributed by atoms with van der Waals surface area (Å²) in [6.45, 7) is 0. The van der Waals surface area contributed by atoms with E-state index in [1.807, 2.05) is 0 Å². The molecule has 0 saturated carbocycles. The van der Waals surface area contributed by atoms with Crippen molar-refractivity contribution < 1.29 is 9.47 Å². The molecular weight excluding hydrogens is 172 g/mol. The second-order valence-corrected chi connectivity index (χ2v) is 2.32. The third kappa shape index (κ3) is 1.16. The van der Waals surface area contributed by atoms with Crippen LogP contribution in [-0.2, 0) is 0 Å². The van der Waals surface area contributed by atoms with Crippen molar-refractivity contribution in [1.82, 2.24) is 15.0 Å². The molecule has 6 nitrogen and oxygen atoms in total. The summed E-state index contributed by atoms with van der Waals surface area (Å²) in [5.74, 6) is 0.961. The second-order valence-electron chi connectivity index (χ2n) is 2.32. The van der Waals surface area contributed by atoms with Gasteiger partial charge in [0.2, 0.25) is 12.0 Å². The van der Waals surface area contributed by atoms with Gasteiger partial charge in [-0.05, 0) is 4.98 Å². The number of hydrogen-bond acceptors (Lipinski definition) is 6. The molecule has 0 aromatic carbocycles. The van der Waals surface area contributed by atoms with E-state index >= 15 is 0 Å². The predicted molar refractivity (Wildman–Crippen MR) is 46.6 cm³/mol. The number of nitrogens with zero attached hydrogens (tertiary/aromatic N) is 3. The van der Waals surface area contributed by atoms with Crippen LogP contribution in [0.25, 0.3) is 0 Å². The minimum atomic E-state index is 0.247. The Labute approximate surface area is 74.6 Å². The third-order valence-electron chi connectivity index (χ3n) is 1.61. The van der Waals surface area contributed by atoms with E-state index in [0.717, 1.165) is 0 Å². The van der Waals surface area contributed by atoms with Crippen molar-refractivity contribution in [2.24, 2.45) is 0 Å². The molecule has 6 heteroatoms. The average molecular weight is 180 g/mol. The molecule has 0 aliphatic carbocycles. The highest BCUT2D eigenvalue weighted by atomic mass is 16.5. The van der Waals surface area contributed by atoms with Crippen molar-refractivity contribution in [3.05, 3.63) is 0 Å². The molecule has 67 valence electrons. The summed E-state index contributed by atoms with van der Waals surface area (Å²) in [5, 5.41) is 2.87. The summed E-state index contributed by atoms with van der Waals surface area (Å²) in [6, 6.07) is 0.247. The Hall–Kier alpha value is -1.85. The van der Waals surface area contributed by atoms with E-state index in [-0.39, 0.29) is 6.01 Å². The fourth-order valence-corrected chi connectivity index (χ4v) is 1.03. The molecular formula is C7H8N4O2+. The van der Waals surface area contributed by atoms with Gasteiger partial charge in [0.05, 0.1) is 14.2 Å². The zero-order valence-corrected chi connectivity index (χ0v) is 7.24. The van der Waals surface area contributed by atoms with Gasteiger partial charge < -0.3 is 9.47 Å². The first kappa shape index (κ1) is 7.78. The summed E-state index contributed by atoms with van der Waals surface area (Å²) >= 11 is 0. The van der Waals surface area contributed by atoms with Gasteiger partial charge in [0.15, 0.2) is 0 Å². The summed E-state index contributed by atoms with van der Waals surface area (Å²) in [4.78, 5) is 12.0. The normalized spacial score (nSPS) is 12.2. The van der Waals surface area contributed by atoms with Gasteiger partial charge in [-0.1, -0.05) is 4.99 Å². The Morgan fingerprint density at radius 3 is 2.85 bits per heavy atom. The number of hydrogen-bond donors (Lipinski definition) is 1. The molecule has 0 unspecified atom stereocenters. The molecule has 1 radical (unpaired) electrons. The fraction of sp³-hybridized carbons (Fsp3) is 0.286. The predicted octanol–water partition coefficient (Wildman–Crippen LogP) is -0.0851.